The van der Waals surface area contributed by atoms with Crippen LogP contribution in [0.4, 0.5) is 5.69 Å². The number of aryl methyl sites for hydroxylation is 1. The van der Waals surface area contributed by atoms with Crippen molar-refractivity contribution < 1.29 is 13.2 Å². The van der Waals surface area contributed by atoms with Crippen LogP contribution in [0.3, 0.4) is 0 Å². The number of nitrogens with two attached hydrogens (primary N) is 1. The summed E-state index contributed by atoms with van der Waals surface area (Å²) in [4.78, 5) is 15.9. The highest BCUT2D eigenvalue weighted by Crippen LogP contribution is 2.20. The highest BCUT2D eigenvalue weighted by atomic mass is 35.5. The Bertz CT molecular complexity index is 789. The van der Waals surface area contributed by atoms with Gasteiger partial charge in [0.15, 0.2) is 0 Å². The van der Waals surface area contributed by atoms with Crippen LogP contribution >= 0.6 is 11.6 Å². The number of pyridine rings is 1. The lowest BCUT2D eigenvalue weighted by Crippen LogP contribution is -2.16. The number of sulfonamides is 1. The first-order valence-corrected chi connectivity index (χ1v) is 7.76. The van der Waals surface area contributed by atoms with Gasteiger partial charge in [0.05, 0.1) is 9.92 Å². The molecular weight excluding hydrogens is 314 g/mol. The summed E-state index contributed by atoms with van der Waals surface area (Å²) in [5, 5.41) is 8.08. The molecule has 0 saturated heterocycles. The predicted molar refractivity (Wildman–Crippen MR) is 79.8 cm³/mol. The topological polar surface area (TPSA) is 102 Å². The number of amides is 1. The molecule has 0 unspecified atom stereocenters. The van der Waals surface area contributed by atoms with E-state index >= 15 is 0 Å². The SMILES string of the molecule is Cc1ccc(S(N)(=O)=O)cc1NC(=O)c1ccc(Cl)cn1. The highest BCUT2D eigenvalue weighted by molar-refractivity contribution is 7.89. The fraction of sp³-hybridized carbons (Fsp3) is 0.0769. The Hall–Kier alpha value is -1.96. The van der Waals surface area contributed by atoms with Gasteiger partial charge >= 0.3 is 0 Å². The quantitative estimate of drug-likeness (QED) is 0.900. The van der Waals surface area contributed by atoms with Gasteiger partial charge in [-0.15, -0.1) is 0 Å². The zero-order valence-corrected chi connectivity index (χ0v) is 12.6. The van der Waals surface area contributed by atoms with Crippen molar-refractivity contribution in [2.75, 3.05) is 5.32 Å². The summed E-state index contributed by atoms with van der Waals surface area (Å²) in [5.41, 5.74) is 1.22. The Kier molecular flexibility index (Phi) is 4.26. The van der Waals surface area contributed by atoms with Crippen molar-refractivity contribution in [1.82, 2.24) is 4.98 Å². The summed E-state index contributed by atoms with van der Waals surface area (Å²) in [7, 11) is -3.83. The number of hydrogen-bond acceptors (Lipinski definition) is 4. The molecule has 1 aromatic carbocycles. The molecule has 3 N–H and O–H groups in total. The molecule has 110 valence electrons. The van der Waals surface area contributed by atoms with Gasteiger partial charge in [-0.05, 0) is 36.8 Å². The van der Waals surface area contributed by atoms with Crippen LogP contribution in [-0.2, 0) is 10.0 Å². The number of halogens is 1. The minimum absolute atomic E-state index is 0.0764. The molecule has 0 fully saturated rings. The Morgan fingerprint density at radius 2 is 2.00 bits per heavy atom. The van der Waals surface area contributed by atoms with E-state index in [-0.39, 0.29) is 10.6 Å². The molecular formula is C13H12ClN3O3S. The maximum atomic E-state index is 12.0. The van der Waals surface area contributed by atoms with Crippen LogP contribution in [0.25, 0.3) is 0 Å². The maximum absolute atomic E-state index is 12.0. The number of carbonyl (C=O) groups is 1. The molecule has 8 heteroatoms. The standard InChI is InChI=1S/C13H12ClN3O3S/c1-8-2-4-10(21(15,19)20)6-12(8)17-13(18)11-5-3-9(14)7-16-11/h2-7H,1H3,(H,17,18)(H2,15,19,20). The molecule has 0 spiro atoms. The molecule has 2 rings (SSSR count). The molecule has 0 saturated carbocycles. The number of nitrogens with zero attached hydrogens (tertiary/aromatic N) is 1. The number of carbonyl (C=O) groups excluding carboxylic acids is 1. The van der Waals surface area contributed by atoms with Crippen LogP contribution < -0.4 is 10.5 Å². The van der Waals surface area contributed by atoms with E-state index in [1.54, 1.807) is 13.0 Å². The number of rotatable bonds is 3. The molecule has 2 aromatic rings. The second kappa shape index (κ2) is 5.80. The van der Waals surface area contributed by atoms with Crippen molar-refractivity contribution in [3.05, 3.63) is 52.8 Å². The second-order valence-electron chi connectivity index (χ2n) is 4.34. The van der Waals surface area contributed by atoms with Gasteiger partial charge in [0.2, 0.25) is 10.0 Å². The van der Waals surface area contributed by atoms with Gasteiger partial charge in [-0.3, -0.25) is 4.79 Å². The van der Waals surface area contributed by atoms with E-state index in [0.717, 1.165) is 0 Å². The Labute approximate surface area is 127 Å². The van der Waals surface area contributed by atoms with Gasteiger partial charge < -0.3 is 5.32 Å². The molecule has 1 aromatic heterocycles. The summed E-state index contributed by atoms with van der Waals surface area (Å²) in [6.07, 6.45) is 1.35. The smallest absolute Gasteiger partial charge is 0.274 e. The number of anilines is 1. The summed E-state index contributed by atoms with van der Waals surface area (Å²) < 4.78 is 22.7. The van der Waals surface area contributed by atoms with Gasteiger partial charge in [0.1, 0.15) is 5.69 Å². The largest absolute Gasteiger partial charge is 0.320 e. The number of hydrogen-bond donors (Lipinski definition) is 2. The average Bonchev–Trinajstić information content (AvgIpc) is 2.40. The zero-order chi connectivity index (χ0) is 15.6. The van der Waals surface area contributed by atoms with Crippen LogP contribution in [0.2, 0.25) is 5.02 Å². The Morgan fingerprint density at radius 1 is 1.29 bits per heavy atom. The fourth-order valence-corrected chi connectivity index (χ4v) is 2.26. The van der Waals surface area contributed by atoms with Gasteiger partial charge in [-0.25, -0.2) is 18.5 Å². The highest BCUT2D eigenvalue weighted by Gasteiger charge is 2.13. The first-order valence-electron chi connectivity index (χ1n) is 5.84. The molecule has 6 nitrogen and oxygen atoms in total. The number of aromatic nitrogens is 1. The molecule has 0 radical (unpaired) electrons. The molecule has 0 aliphatic carbocycles. The van der Waals surface area contributed by atoms with Gasteiger partial charge in [0, 0.05) is 11.9 Å². The Balaban J connectivity index is 2.31. The molecule has 1 heterocycles. The zero-order valence-electron chi connectivity index (χ0n) is 11.0. The van der Waals surface area contributed by atoms with E-state index in [1.165, 1.54) is 30.5 Å². The predicted octanol–water partition coefficient (Wildman–Crippen LogP) is 1.94. The summed E-state index contributed by atoms with van der Waals surface area (Å²) >= 11 is 5.70. The summed E-state index contributed by atoms with van der Waals surface area (Å²) in [5.74, 6) is -0.471. The van der Waals surface area contributed by atoms with Crippen molar-refractivity contribution in [3.63, 3.8) is 0 Å². The number of nitrogens with one attached hydrogen (secondary N) is 1. The molecule has 0 bridgehead atoms. The fourth-order valence-electron chi connectivity index (χ4n) is 1.61. The summed E-state index contributed by atoms with van der Waals surface area (Å²) in [6.45, 7) is 1.73. The van der Waals surface area contributed by atoms with E-state index in [4.69, 9.17) is 16.7 Å². The van der Waals surface area contributed by atoms with Crippen molar-refractivity contribution in [2.45, 2.75) is 11.8 Å². The third kappa shape index (κ3) is 3.78. The van der Waals surface area contributed by atoms with E-state index in [9.17, 15) is 13.2 Å². The first-order chi connectivity index (χ1) is 9.77. The van der Waals surface area contributed by atoms with E-state index in [1.807, 2.05) is 0 Å². The maximum Gasteiger partial charge on any atom is 0.274 e. The number of benzene rings is 1. The van der Waals surface area contributed by atoms with Crippen LogP contribution in [-0.4, -0.2) is 19.3 Å². The van der Waals surface area contributed by atoms with Crippen molar-refractivity contribution in [1.29, 1.82) is 0 Å². The molecule has 21 heavy (non-hydrogen) atoms. The van der Waals surface area contributed by atoms with E-state index in [2.05, 4.69) is 10.3 Å². The van der Waals surface area contributed by atoms with Crippen molar-refractivity contribution in [2.24, 2.45) is 5.14 Å². The normalized spacial score (nSPS) is 11.2. The lowest BCUT2D eigenvalue weighted by Gasteiger charge is -2.09. The van der Waals surface area contributed by atoms with Crippen molar-refractivity contribution in [3.8, 4) is 0 Å². The number of primary sulfonamides is 1. The third-order valence-corrected chi connectivity index (χ3v) is 3.88. The van der Waals surface area contributed by atoms with Gasteiger partial charge in [-0.1, -0.05) is 17.7 Å². The summed E-state index contributed by atoms with van der Waals surface area (Å²) in [6, 6.07) is 7.25. The minimum atomic E-state index is -3.83. The van der Waals surface area contributed by atoms with Crippen molar-refractivity contribution >= 4 is 33.2 Å². The Morgan fingerprint density at radius 3 is 2.57 bits per heavy atom. The van der Waals surface area contributed by atoms with Crippen LogP contribution in [0.5, 0.6) is 0 Å². The van der Waals surface area contributed by atoms with Crippen LogP contribution in [0.15, 0.2) is 41.4 Å². The lowest BCUT2D eigenvalue weighted by atomic mass is 10.2. The molecule has 0 aliphatic heterocycles. The van der Waals surface area contributed by atoms with E-state index in [0.29, 0.717) is 16.3 Å². The first kappa shape index (κ1) is 15.4. The lowest BCUT2D eigenvalue weighted by molar-refractivity contribution is 0.102. The van der Waals surface area contributed by atoms with Crippen LogP contribution in [0, 0.1) is 6.92 Å². The van der Waals surface area contributed by atoms with Crippen LogP contribution in [0.1, 0.15) is 16.1 Å². The second-order valence-corrected chi connectivity index (χ2v) is 6.34. The molecule has 0 atom stereocenters. The average molecular weight is 326 g/mol. The molecule has 1 amide bonds. The van der Waals surface area contributed by atoms with Gasteiger partial charge in [0.25, 0.3) is 5.91 Å². The van der Waals surface area contributed by atoms with Gasteiger partial charge in [-0.2, -0.15) is 0 Å². The minimum Gasteiger partial charge on any atom is -0.320 e. The van der Waals surface area contributed by atoms with E-state index < -0.39 is 15.9 Å². The third-order valence-electron chi connectivity index (χ3n) is 2.75. The molecule has 0 aliphatic rings. The monoisotopic (exact) mass is 325 g/mol.